The number of aliphatic hydroxyl groups excluding tert-OH is 3. The molecule has 0 radical (unpaired) electrons. The van der Waals surface area contributed by atoms with Crippen molar-refractivity contribution in [3.05, 3.63) is 0 Å². The van der Waals surface area contributed by atoms with Crippen LogP contribution in [0.2, 0.25) is 0 Å². The number of rotatable bonds is 6. The first-order chi connectivity index (χ1) is 7.01. The Bertz CT molecular complexity index is 186. The van der Waals surface area contributed by atoms with E-state index in [9.17, 15) is 15.3 Å². The summed E-state index contributed by atoms with van der Waals surface area (Å²) in [6, 6.07) is 0. The summed E-state index contributed by atoms with van der Waals surface area (Å²) in [6.45, 7) is 2.27. The van der Waals surface area contributed by atoms with Crippen LogP contribution in [0.15, 0.2) is 0 Å². The van der Waals surface area contributed by atoms with Crippen LogP contribution in [0.1, 0.15) is 0 Å². The van der Waals surface area contributed by atoms with E-state index in [1.54, 1.807) is 0 Å². The molecule has 0 aromatic heterocycles. The van der Waals surface area contributed by atoms with Gasteiger partial charge in [-0.25, -0.2) is 0 Å². The number of quaternary nitrogens is 1. The lowest BCUT2D eigenvalue weighted by molar-refractivity contribution is -0.976. The van der Waals surface area contributed by atoms with E-state index in [4.69, 9.17) is 17.3 Å². The molecule has 0 aromatic carbocycles. The van der Waals surface area contributed by atoms with Crippen LogP contribution in [0.4, 0.5) is 0 Å². The molecule has 0 aromatic rings. The minimum absolute atomic E-state index is 0.175. The molecule has 0 amide bonds. The lowest BCUT2D eigenvalue weighted by atomic mass is 10.0. The third-order valence-electron chi connectivity index (χ3n) is 2.84. The van der Waals surface area contributed by atoms with Crippen LogP contribution in [0.3, 0.4) is 0 Å². The molecule has 0 aliphatic carbocycles. The van der Waals surface area contributed by atoms with Gasteiger partial charge in [0.05, 0.1) is 5.88 Å². The second-order valence-corrected chi connectivity index (χ2v) is 4.73. The van der Waals surface area contributed by atoms with Gasteiger partial charge in [0.25, 0.3) is 0 Å². The average molecular weight is 240 g/mol. The largest absolute Gasteiger partial charge is 0.386 e. The molecule has 6 heteroatoms. The Morgan fingerprint density at radius 2 is 1.80 bits per heavy atom. The lowest BCUT2D eigenvalue weighted by Crippen LogP contribution is -2.70. The zero-order chi connectivity index (χ0) is 11.5. The molecular weight excluding hydrogens is 220 g/mol. The van der Waals surface area contributed by atoms with Crippen molar-refractivity contribution < 1.29 is 19.8 Å². The summed E-state index contributed by atoms with van der Waals surface area (Å²) in [4.78, 5) is 0. The van der Waals surface area contributed by atoms with Crippen LogP contribution < -0.4 is 5.73 Å². The minimum atomic E-state index is -0.593. The summed E-state index contributed by atoms with van der Waals surface area (Å²) in [5.74, 6) is 0.175. The second kappa shape index (κ2) is 5.43. The van der Waals surface area contributed by atoms with E-state index in [0.717, 1.165) is 0 Å². The number of halogens is 1. The fourth-order valence-electron chi connectivity index (χ4n) is 2.23. The summed E-state index contributed by atoms with van der Waals surface area (Å²) in [5.41, 5.74) is 5.34. The van der Waals surface area contributed by atoms with Crippen LogP contribution in [-0.4, -0.2) is 76.7 Å². The van der Waals surface area contributed by atoms with E-state index < -0.39 is 12.2 Å². The lowest BCUT2D eigenvalue weighted by Gasteiger charge is -2.50. The molecule has 90 valence electrons. The normalized spacial score (nSPS) is 34.6. The molecule has 1 heterocycles. The van der Waals surface area contributed by atoms with Gasteiger partial charge in [0.1, 0.15) is 38.4 Å². The Balaban J connectivity index is 2.48. The van der Waals surface area contributed by atoms with E-state index in [-0.39, 0.29) is 18.5 Å². The number of likely N-dealkylation sites (tertiary alicyclic amines) is 1. The maximum Gasteiger partial charge on any atom is 0.152 e. The van der Waals surface area contributed by atoms with E-state index in [1.165, 1.54) is 0 Å². The molecule has 1 aliphatic heterocycles. The van der Waals surface area contributed by atoms with Crippen molar-refractivity contribution in [3.63, 3.8) is 0 Å². The van der Waals surface area contributed by atoms with Crippen molar-refractivity contribution in [2.24, 2.45) is 5.73 Å². The third-order valence-corrected chi connectivity index (χ3v) is 3.20. The maximum absolute atomic E-state index is 9.49. The van der Waals surface area contributed by atoms with Gasteiger partial charge < -0.3 is 25.5 Å². The molecule has 15 heavy (non-hydrogen) atoms. The highest BCUT2D eigenvalue weighted by molar-refractivity contribution is 6.18. The van der Waals surface area contributed by atoms with E-state index in [2.05, 4.69) is 0 Å². The van der Waals surface area contributed by atoms with Gasteiger partial charge in [-0.2, -0.15) is 0 Å². The zero-order valence-electron chi connectivity index (χ0n) is 8.72. The number of nitrogens with two attached hydrogens (primary N) is 1. The van der Waals surface area contributed by atoms with Gasteiger partial charge in [-0.3, -0.25) is 0 Å². The van der Waals surface area contributed by atoms with Crippen molar-refractivity contribution in [3.8, 4) is 0 Å². The number of hydrogen-bond donors (Lipinski definition) is 4. The van der Waals surface area contributed by atoms with Gasteiger partial charge in [-0.05, 0) is 0 Å². The van der Waals surface area contributed by atoms with Crippen molar-refractivity contribution in [1.82, 2.24) is 0 Å². The number of aliphatic hydroxyl groups is 3. The topological polar surface area (TPSA) is 86.7 Å². The quantitative estimate of drug-likeness (QED) is 0.322. The Morgan fingerprint density at radius 1 is 1.27 bits per heavy atom. The van der Waals surface area contributed by atoms with E-state index in [0.29, 0.717) is 30.7 Å². The third kappa shape index (κ3) is 3.55. The Labute approximate surface area is 94.6 Å². The summed E-state index contributed by atoms with van der Waals surface area (Å²) < 4.78 is 0.507. The monoisotopic (exact) mass is 239 g/mol. The van der Waals surface area contributed by atoms with Crippen LogP contribution in [0.5, 0.6) is 0 Å². The van der Waals surface area contributed by atoms with Crippen molar-refractivity contribution >= 4 is 11.6 Å². The first-order valence-corrected chi connectivity index (χ1v) is 5.70. The highest BCUT2D eigenvalue weighted by Gasteiger charge is 2.45. The smallest absolute Gasteiger partial charge is 0.152 e. The fourth-order valence-corrected chi connectivity index (χ4v) is 2.33. The van der Waals surface area contributed by atoms with Gasteiger partial charge in [0.15, 0.2) is 6.10 Å². The molecule has 1 saturated heterocycles. The predicted octanol–water partition coefficient (Wildman–Crippen LogP) is -1.90. The van der Waals surface area contributed by atoms with Gasteiger partial charge >= 0.3 is 0 Å². The second-order valence-electron chi connectivity index (χ2n) is 4.42. The molecule has 0 spiro atoms. The van der Waals surface area contributed by atoms with Crippen LogP contribution in [0.25, 0.3) is 0 Å². The molecule has 0 bridgehead atoms. The van der Waals surface area contributed by atoms with Crippen molar-refractivity contribution in [2.45, 2.75) is 18.3 Å². The van der Waals surface area contributed by atoms with Gasteiger partial charge in [0, 0.05) is 6.54 Å². The molecule has 2 atom stereocenters. The van der Waals surface area contributed by atoms with Gasteiger partial charge in [-0.15, -0.1) is 11.6 Å². The van der Waals surface area contributed by atoms with Crippen LogP contribution in [0, 0.1) is 0 Å². The first kappa shape index (κ1) is 13.2. The highest BCUT2D eigenvalue weighted by atomic mass is 35.5. The predicted molar refractivity (Wildman–Crippen MR) is 57.5 cm³/mol. The summed E-state index contributed by atoms with van der Waals surface area (Å²) in [6.07, 6.45) is -1.51. The summed E-state index contributed by atoms with van der Waals surface area (Å²) in [5, 5.41) is 28.3. The number of nitrogens with zero attached hydrogens (tertiary/aromatic N) is 1. The molecule has 5 N–H and O–H groups in total. The zero-order valence-corrected chi connectivity index (χ0v) is 9.47. The number of hydrogen-bond acceptors (Lipinski definition) is 4. The van der Waals surface area contributed by atoms with E-state index in [1.807, 2.05) is 0 Å². The van der Waals surface area contributed by atoms with Crippen molar-refractivity contribution in [2.75, 3.05) is 38.6 Å². The Hall–Kier alpha value is 0.0900. The maximum atomic E-state index is 9.49. The molecule has 1 rings (SSSR count). The fraction of sp³-hybridized carbons (Fsp3) is 1.00. The highest BCUT2D eigenvalue weighted by Crippen LogP contribution is 2.22. The summed E-state index contributed by atoms with van der Waals surface area (Å²) >= 11 is 5.54. The van der Waals surface area contributed by atoms with Gasteiger partial charge in [-0.1, -0.05) is 0 Å². The Morgan fingerprint density at radius 3 is 2.20 bits per heavy atom. The Kier molecular flexibility index (Phi) is 4.76. The van der Waals surface area contributed by atoms with Gasteiger partial charge in [0.2, 0.25) is 0 Å². The average Bonchev–Trinajstić information content (AvgIpc) is 2.15. The first-order valence-electron chi connectivity index (χ1n) is 5.16. The molecule has 0 saturated carbocycles. The molecule has 2 unspecified atom stereocenters. The van der Waals surface area contributed by atoms with E-state index >= 15 is 0 Å². The molecule has 1 fully saturated rings. The van der Waals surface area contributed by atoms with Crippen LogP contribution >= 0.6 is 11.6 Å². The minimum Gasteiger partial charge on any atom is -0.386 e. The standard InChI is InChI=1S/C9H20ClN2O3/c10-1-7(13)3-12(4-8(14)2-11)5-9(15)6-12/h7-9,13-15H,1-6,11H2/q+1. The van der Waals surface area contributed by atoms with Crippen LogP contribution in [-0.2, 0) is 0 Å². The SMILES string of the molecule is NCC(O)C[N+]1(CC(O)CCl)CC(O)C1. The molecule has 1 aliphatic rings. The van der Waals surface area contributed by atoms with Crippen molar-refractivity contribution in [1.29, 1.82) is 0 Å². The summed E-state index contributed by atoms with van der Waals surface area (Å²) in [7, 11) is 0. The molecule has 5 nitrogen and oxygen atoms in total. The molecular formula is C9H20ClN2O3+. The number of alkyl halides is 1.